The minimum Gasteiger partial charge on any atom is -0.376 e. The van der Waals surface area contributed by atoms with Crippen molar-refractivity contribution in [3.63, 3.8) is 0 Å². The Morgan fingerprint density at radius 1 is 1.15 bits per heavy atom. The quantitative estimate of drug-likeness (QED) is 0.347. The third-order valence-electron chi connectivity index (χ3n) is 6.99. The fourth-order valence-corrected chi connectivity index (χ4v) is 4.60. The molecule has 1 unspecified atom stereocenters. The predicted octanol–water partition coefficient (Wildman–Crippen LogP) is 2.99. The van der Waals surface area contributed by atoms with Crippen LogP contribution in [0.5, 0.6) is 0 Å². The number of halogens is 1. The zero-order valence-electron chi connectivity index (χ0n) is 23.1. The molecule has 5 rings (SSSR count). The van der Waals surface area contributed by atoms with Gasteiger partial charge in [0.15, 0.2) is 5.82 Å². The molecule has 1 atom stereocenters. The van der Waals surface area contributed by atoms with E-state index in [2.05, 4.69) is 30.5 Å². The zero-order valence-corrected chi connectivity index (χ0v) is 23.1. The molecule has 2 aliphatic heterocycles. The first-order valence-corrected chi connectivity index (χ1v) is 13.5. The van der Waals surface area contributed by atoms with Crippen LogP contribution in [0.1, 0.15) is 31.9 Å². The van der Waals surface area contributed by atoms with Crippen LogP contribution < -0.4 is 10.6 Å². The van der Waals surface area contributed by atoms with Crippen molar-refractivity contribution < 1.29 is 23.4 Å². The Balaban J connectivity index is 1.34. The largest absolute Gasteiger partial charge is 0.376 e. The highest BCUT2D eigenvalue weighted by Gasteiger charge is 2.41. The number of nitrogens with one attached hydrogen (secondary N) is 3. The molecule has 3 N–H and O–H groups in total. The molecule has 3 aromatic rings. The number of hydrogen-bond donors (Lipinski definition) is 3. The number of imidazole rings is 1. The summed E-state index contributed by atoms with van der Waals surface area (Å²) in [6, 6.07) is 7.87. The van der Waals surface area contributed by atoms with Crippen molar-refractivity contribution in [2.75, 3.05) is 58.9 Å². The predicted molar refractivity (Wildman–Crippen MR) is 147 cm³/mol. The van der Waals surface area contributed by atoms with Crippen molar-refractivity contribution in [2.24, 2.45) is 5.41 Å². The molecule has 1 amide bonds. The number of aromatic amines is 1. The Morgan fingerprint density at radius 3 is 2.62 bits per heavy atom. The number of carbonyl (C=O) groups is 1. The summed E-state index contributed by atoms with van der Waals surface area (Å²) < 4.78 is 31.3. The van der Waals surface area contributed by atoms with Crippen molar-refractivity contribution in [1.29, 1.82) is 0 Å². The van der Waals surface area contributed by atoms with Gasteiger partial charge in [0, 0.05) is 38.0 Å². The molecule has 0 bridgehead atoms. The maximum absolute atomic E-state index is 13.7. The molecule has 11 nitrogen and oxygen atoms in total. The van der Waals surface area contributed by atoms with E-state index in [0.717, 1.165) is 26.0 Å². The molecule has 12 heteroatoms. The van der Waals surface area contributed by atoms with Gasteiger partial charge in [-0.05, 0) is 64.2 Å². The second-order valence-electron chi connectivity index (χ2n) is 10.7. The van der Waals surface area contributed by atoms with E-state index >= 15 is 0 Å². The van der Waals surface area contributed by atoms with E-state index in [4.69, 9.17) is 19.2 Å². The van der Waals surface area contributed by atoms with Gasteiger partial charge in [-0.1, -0.05) is 0 Å². The van der Waals surface area contributed by atoms with Gasteiger partial charge in [-0.2, -0.15) is 0 Å². The van der Waals surface area contributed by atoms with E-state index in [-0.39, 0.29) is 31.0 Å². The third-order valence-corrected chi connectivity index (χ3v) is 6.99. The van der Waals surface area contributed by atoms with Crippen LogP contribution in [0.2, 0.25) is 0 Å². The molecule has 2 saturated heterocycles. The summed E-state index contributed by atoms with van der Waals surface area (Å²) in [6.07, 6.45) is 2.88. The first-order valence-electron chi connectivity index (χ1n) is 13.5. The first kappa shape index (κ1) is 28.1. The molecule has 1 aromatic carbocycles. The second-order valence-corrected chi connectivity index (χ2v) is 10.7. The Kier molecular flexibility index (Phi) is 8.69. The molecule has 0 radical (unpaired) electrons. The monoisotopic (exact) mass is 553 g/mol. The average Bonchev–Trinajstić information content (AvgIpc) is 3.63. The number of amides is 1. The van der Waals surface area contributed by atoms with Crippen molar-refractivity contribution in [1.82, 2.24) is 30.2 Å². The van der Waals surface area contributed by atoms with Crippen LogP contribution in [0.25, 0.3) is 22.6 Å². The Bertz CT molecular complexity index is 1290. The number of ether oxygens (including phenoxy) is 3. The number of rotatable bonds is 10. The highest BCUT2D eigenvalue weighted by atomic mass is 19.1. The lowest BCUT2D eigenvalue weighted by atomic mass is 9.91. The van der Waals surface area contributed by atoms with E-state index in [1.54, 1.807) is 24.4 Å². The fraction of sp³-hybridized carbons (Fsp3) is 0.500. The molecule has 0 spiro atoms. The minimum atomic E-state index is -0.843. The van der Waals surface area contributed by atoms with Gasteiger partial charge in [0.25, 0.3) is 0 Å². The molecular weight excluding hydrogens is 517 g/mol. The van der Waals surface area contributed by atoms with E-state index in [1.807, 2.05) is 21.0 Å². The number of aromatic nitrogens is 4. The molecule has 0 aliphatic carbocycles. The van der Waals surface area contributed by atoms with Crippen LogP contribution in [0.15, 0.2) is 36.5 Å². The molecule has 0 saturated carbocycles. The van der Waals surface area contributed by atoms with Gasteiger partial charge in [-0.15, -0.1) is 0 Å². The molecule has 2 fully saturated rings. The lowest BCUT2D eigenvalue weighted by molar-refractivity contribution is -0.231. The summed E-state index contributed by atoms with van der Waals surface area (Å²) >= 11 is 0. The summed E-state index contributed by atoms with van der Waals surface area (Å²) in [4.78, 5) is 32.1. The standard InChI is InChI=1S/C28H36FN7O4/c1-28(26(37)32-15-20-5-4-14-38-20)16-39-25(40-17-28)24-34-22(18-6-8-19(29)9-7-18)23(35-24)21-10-11-30-27(33-21)31-12-13-36(2)3/h6-11,20,25H,4-5,12-17H2,1-3H3,(H,32,37)(H,34,35)(H,30,31,33). The highest BCUT2D eigenvalue weighted by molar-refractivity contribution is 5.82. The minimum absolute atomic E-state index is 0.0580. The van der Waals surface area contributed by atoms with Crippen LogP contribution >= 0.6 is 0 Å². The van der Waals surface area contributed by atoms with E-state index in [9.17, 15) is 9.18 Å². The van der Waals surface area contributed by atoms with Crippen molar-refractivity contribution in [3.8, 4) is 22.6 Å². The zero-order chi connectivity index (χ0) is 28.1. The van der Waals surface area contributed by atoms with Crippen LogP contribution in [-0.4, -0.2) is 90.4 Å². The topological polar surface area (TPSA) is 127 Å². The Hall–Kier alpha value is -3.45. The van der Waals surface area contributed by atoms with Gasteiger partial charge in [0.2, 0.25) is 18.1 Å². The summed E-state index contributed by atoms with van der Waals surface area (Å²) in [5, 5.41) is 6.20. The smallest absolute Gasteiger partial charge is 0.230 e. The Labute approximate surface area is 232 Å². The van der Waals surface area contributed by atoms with Gasteiger partial charge in [-0.3, -0.25) is 4.79 Å². The SMILES string of the molecule is CN(C)CCNc1nccc(-c2[nH]c(C3OCC(C)(C(=O)NCC4CCCO4)CO3)nc2-c2ccc(F)cc2)n1. The molecule has 2 aromatic heterocycles. The molecule has 40 heavy (non-hydrogen) atoms. The van der Waals surface area contributed by atoms with E-state index < -0.39 is 11.7 Å². The van der Waals surface area contributed by atoms with Crippen LogP contribution in [-0.2, 0) is 19.0 Å². The van der Waals surface area contributed by atoms with E-state index in [1.165, 1.54) is 12.1 Å². The van der Waals surface area contributed by atoms with Gasteiger partial charge in [0.05, 0.1) is 41.8 Å². The van der Waals surface area contributed by atoms with Crippen molar-refractivity contribution >= 4 is 11.9 Å². The first-order chi connectivity index (χ1) is 19.3. The maximum atomic E-state index is 13.7. The molecular formula is C28H36FN7O4. The van der Waals surface area contributed by atoms with Crippen molar-refractivity contribution in [3.05, 3.63) is 48.2 Å². The van der Waals surface area contributed by atoms with E-state index in [0.29, 0.717) is 47.5 Å². The third kappa shape index (κ3) is 6.64. The number of benzene rings is 1. The number of H-pyrrole nitrogens is 1. The van der Waals surface area contributed by atoms with Crippen LogP contribution in [0.3, 0.4) is 0 Å². The lowest BCUT2D eigenvalue weighted by Gasteiger charge is -2.35. The maximum Gasteiger partial charge on any atom is 0.230 e. The molecule has 4 heterocycles. The second kappa shape index (κ2) is 12.4. The van der Waals surface area contributed by atoms with Gasteiger partial charge in [0.1, 0.15) is 5.82 Å². The summed E-state index contributed by atoms with van der Waals surface area (Å²) in [7, 11) is 3.99. The van der Waals surface area contributed by atoms with Crippen LogP contribution in [0, 0.1) is 11.2 Å². The van der Waals surface area contributed by atoms with Gasteiger partial charge < -0.3 is 34.7 Å². The number of hydrogen-bond acceptors (Lipinski definition) is 9. The fourth-order valence-electron chi connectivity index (χ4n) is 4.60. The number of carbonyl (C=O) groups excluding carboxylic acids is 1. The summed E-state index contributed by atoms with van der Waals surface area (Å²) in [5.41, 5.74) is 1.66. The normalized spacial score (nSPS) is 22.9. The molecule has 214 valence electrons. The number of likely N-dealkylation sites (N-methyl/N-ethyl adjacent to an activating group) is 1. The van der Waals surface area contributed by atoms with Crippen molar-refractivity contribution in [2.45, 2.75) is 32.2 Å². The lowest BCUT2D eigenvalue weighted by Crippen LogP contribution is -2.49. The average molecular weight is 554 g/mol. The highest BCUT2D eigenvalue weighted by Crippen LogP contribution is 2.35. The number of anilines is 1. The number of nitrogens with zero attached hydrogens (tertiary/aromatic N) is 4. The van der Waals surface area contributed by atoms with Gasteiger partial charge >= 0.3 is 0 Å². The molecule has 2 aliphatic rings. The summed E-state index contributed by atoms with van der Waals surface area (Å²) in [6.45, 7) is 4.85. The van der Waals surface area contributed by atoms with Gasteiger partial charge in [-0.25, -0.2) is 19.3 Å². The van der Waals surface area contributed by atoms with Crippen LogP contribution in [0.4, 0.5) is 10.3 Å². The summed E-state index contributed by atoms with van der Waals surface area (Å²) in [5.74, 6) is 0.433. The Morgan fingerprint density at radius 2 is 1.93 bits per heavy atom.